The molecule has 0 aliphatic carbocycles. The van der Waals surface area contributed by atoms with Gasteiger partial charge in [-0.3, -0.25) is 4.98 Å². The van der Waals surface area contributed by atoms with Crippen LogP contribution in [0.4, 0.5) is 0 Å². The van der Waals surface area contributed by atoms with Gasteiger partial charge in [-0.05, 0) is 49.2 Å². The van der Waals surface area contributed by atoms with Gasteiger partial charge in [0.1, 0.15) is 0 Å². The summed E-state index contributed by atoms with van der Waals surface area (Å²) < 4.78 is 0. The van der Waals surface area contributed by atoms with Crippen LogP contribution in [-0.4, -0.2) is 9.97 Å². The minimum Gasteiger partial charge on any atom is -0.353 e. The van der Waals surface area contributed by atoms with Gasteiger partial charge in [0.25, 0.3) is 0 Å². The number of benzene rings is 1. The summed E-state index contributed by atoms with van der Waals surface area (Å²) in [4.78, 5) is 7.80. The number of nitrogens with zero attached hydrogens (tertiary/aromatic N) is 1. The summed E-state index contributed by atoms with van der Waals surface area (Å²) in [5, 5.41) is 1.27. The molecule has 0 fully saturated rings. The van der Waals surface area contributed by atoms with E-state index in [1.807, 2.05) is 24.4 Å². The molecule has 17 heavy (non-hydrogen) atoms. The van der Waals surface area contributed by atoms with Crippen molar-refractivity contribution in [2.75, 3.05) is 0 Å². The number of aromatic nitrogens is 2. The summed E-state index contributed by atoms with van der Waals surface area (Å²) in [6.45, 7) is 4.26. The number of hydrogen-bond donors (Lipinski definition) is 1. The molecule has 2 aromatic heterocycles. The number of aryl methyl sites for hydroxylation is 2. The van der Waals surface area contributed by atoms with Gasteiger partial charge in [0.2, 0.25) is 0 Å². The van der Waals surface area contributed by atoms with E-state index in [4.69, 9.17) is 0 Å². The van der Waals surface area contributed by atoms with Crippen molar-refractivity contribution in [1.29, 1.82) is 0 Å². The average Bonchev–Trinajstić information content (AvgIpc) is 2.74. The Hall–Kier alpha value is -2.09. The lowest BCUT2D eigenvalue weighted by atomic mass is 10.1. The van der Waals surface area contributed by atoms with Gasteiger partial charge in [-0.15, -0.1) is 0 Å². The van der Waals surface area contributed by atoms with Crippen LogP contribution in [0.5, 0.6) is 0 Å². The van der Waals surface area contributed by atoms with Crippen molar-refractivity contribution in [2.24, 2.45) is 0 Å². The Morgan fingerprint density at radius 2 is 1.94 bits per heavy atom. The van der Waals surface area contributed by atoms with Crippen LogP contribution in [0.2, 0.25) is 0 Å². The molecular formula is C15H14N2. The second-order valence-corrected chi connectivity index (χ2v) is 4.44. The maximum Gasteiger partial charge on any atom is 0.0864 e. The van der Waals surface area contributed by atoms with Crippen LogP contribution in [0.3, 0.4) is 0 Å². The van der Waals surface area contributed by atoms with Gasteiger partial charge in [-0.2, -0.15) is 0 Å². The standard InChI is InChI=1S/C15H14N2/c1-10-7-11(2)12-9-15(17-14(12)8-10)13-5-3-4-6-16-13/h3-9,17H,1-2H3. The van der Waals surface area contributed by atoms with E-state index in [0.29, 0.717) is 0 Å². The molecule has 2 heteroatoms. The second-order valence-electron chi connectivity index (χ2n) is 4.44. The summed E-state index contributed by atoms with van der Waals surface area (Å²) in [6, 6.07) is 12.5. The van der Waals surface area contributed by atoms with Gasteiger partial charge in [-0.1, -0.05) is 12.1 Å². The Morgan fingerprint density at radius 3 is 2.71 bits per heavy atom. The van der Waals surface area contributed by atoms with E-state index >= 15 is 0 Å². The molecule has 0 saturated carbocycles. The van der Waals surface area contributed by atoms with Gasteiger partial charge >= 0.3 is 0 Å². The second kappa shape index (κ2) is 3.74. The van der Waals surface area contributed by atoms with Gasteiger partial charge in [-0.25, -0.2) is 0 Å². The number of rotatable bonds is 1. The maximum absolute atomic E-state index is 4.37. The highest BCUT2D eigenvalue weighted by Crippen LogP contribution is 2.25. The summed E-state index contributed by atoms with van der Waals surface area (Å²) in [7, 11) is 0. The monoisotopic (exact) mass is 222 g/mol. The van der Waals surface area contributed by atoms with Crippen LogP contribution in [0.15, 0.2) is 42.6 Å². The summed E-state index contributed by atoms with van der Waals surface area (Å²) in [5.41, 5.74) is 5.83. The Morgan fingerprint density at radius 1 is 1.06 bits per heavy atom. The lowest BCUT2D eigenvalue weighted by Crippen LogP contribution is -1.80. The first-order chi connectivity index (χ1) is 8.24. The van der Waals surface area contributed by atoms with Gasteiger partial charge in [0.15, 0.2) is 0 Å². The zero-order chi connectivity index (χ0) is 11.8. The van der Waals surface area contributed by atoms with E-state index in [1.54, 1.807) is 0 Å². The highest BCUT2D eigenvalue weighted by Gasteiger charge is 2.06. The zero-order valence-corrected chi connectivity index (χ0v) is 9.99. The van der Waals surface area contributed by atoms with Crippen molar-refractivity contribution in [3.05, 3.63) is 53.7 Å². The molecule has 0 spiro atoms. The van der Waals surface area contributed by atoms with Crippen LogP contribution in [0.1, 0.15) is 11.1 Å². The summed E-state index contributed by atoms with van der Waals surface area (Å²) in [6.07, 6.45) is 1.82. The quantitative estimate of drug-likeness (QED) is 0.665. The van der Waals surface area contributed by atoms with E-state index in [9.17, 15) is 0 Å². The van der Waals surface area contributed by atoms with Gasteiger partial charge in [0, 0.05) is 17.1 Å². The molecule has 0 bridgehead atoms. The van der Waals surface area contributed by atoms with Crippen molar-refractivity contribution in [1.82, 2.24) is 9.97 Å². The van der Waals surface area contributed by atoms with Crippen LogP contribution in [0.25, 0.3) is 22.3 Å². The predicted molar refractivity (Wildman–Crippen MR) is 71.0 cm³/mol. The van der Waals surface area contributed by atoms with Crippen molar-refractivity contribution in [3.63, 3.8) is 0 Å². The number of fused-ring (bicyclic) bond motifs is 1. The fourth-order valence-corrected chi connectivity index (χ4v) is 2.26. The SMILES string of the molecule is Cc1cc(C)c2cc(-c3ccccn3)[nH]c2c1. The van der Waals surface area contributed by atoms with Crippen molar-refractivity contribution in [3.8, 4) is 11.4 Å². The predicted octanol–water partition coefficient (Wildman–Crippen LogP) is 3.85. The minimum atomic E-state index is 0.987. The molecule has 1 N–H and O–H groups in total. The Labute approximate surface area is 100 Å². The highest BCUT2D eigenvalue weighted by atomic mass is 14.8. The van der Waals surface area contributed by atoms with Crippen LogP contribution in [0, 0.1) is 13.8 Å². The summed E-state index contributed by atoms with van der Waals surface area (Å²) in [5.74, 6) is 0. The molecule has 1 aromatic carbocycles. The van der Waals surface area contributed by atoms with Crippen molar-refractivity contribution >= 4 is 10.9 Å². The molecule has 3 aromatic rings. The maximum atomic E-state index is 4.37. The number of pyridine rings is 1. The van der Waals surface area contributed by atoms with Crippen molar-refractivity contribution < 1.29 is 0 Å². The fraction of sp³-hybridized carbons (Fsp3) is 0.133. The van der Waals surface area contributed by atoms with E-state index in [-0.39, 0.29) is 0 Å². The van der Waals surface area contributed by atoms with Crippen LogP contribution in [-0.2, 0) is 0 Å². The van der Waals surface area contributed by atoms with E-state index in [2.05, 4.69) is 42.0 Å². The average molecular weight is 222 g/mol. The van der Waals surface area contributed by atoms with E-state index in [0.717, 1.165) is 11.4 Å². The molecule has 3 rings (SSSR count). The van der Waals surface area contributed by atoms with Crippen molar-refractivity contribution in [2.45, 2.75) is 13.8 Å². The third-order valence-corrected chi connectivity index (χ3v) is 3.03. The molecule has 0 amide bonds. The number of H-pyrrole nitrogens is 1. The first-order valence-electron chi connectivity index (χ1n) is 5.75. The molecule has 84 valence electrons. The molecule has 0 aliphatic heterocycles. The van der Waals surface area contributed by atoms with Gasteiger partial charge < -0.3 is 4.98 Å². The first kappa shape index (κ1) is 10.1. The first-order valence-corrected chi connectivity index (χ1v) is 5.75. The lowest BCUT2D eigenvalue weighted by molar-refractivity contribution is 1.29. The third-order valence-electron chi connectivity index (χ3n) is 3.03. The number of aromatic amines is 1. The molecule has 0 unspecified atom stereocenters. The fourth-order valence-electron chi connectivity index (χ4n) is 2.26. The minimum absolute atomic E-state index is 0.987. The van der Waals surface area contributed by atoms with Crippen LogP contribution < -0.4 is 0 Å². The van der Waals surface area contributed by atoms with E-state index in [1.165, 1.54) is 22.0 Å². The largest absolute Gasteiger partial charge is 0.353 e. The molecule has 0 radical (unpaired) electrons. The number of hydrogen-bond acceptors (Lipinski definition) is 1. The molecule has 2 heterocycles. The van der Waals surface area contributed by atoms with Gasteiger partial charge in [0.05, 0.1) is 11.4 Å². The normalized spacial score (nSPS) is 10.9. The third kappa shape index (κ3) is 1.72. The number of nitrogens with one attached hydrogen (secondary N) is 1. The zero-order valence-electron chi connectivity index (χ0n) is 9.99. The molecule has 0 aliphatic rings. The van der Waals surface area contributed by atoms with E-state index < -0.39 is 0 Å². The molecule has 0 saturated heterocycles. The molecular weight excluding hydrogens is 208 g/mol. The topological polar surface area (TPSA) is 28.7 Å². The molecule has 2 nitrogen and oxygen atoms in total. The highest BCUT2D eigenvalue weighted by molar-refractivity contribution is 5.88. The Bertz CT molecular complexity index is 666. The Balaban J connectivity index is 2.24. The molecule has 0 atom stereocenters. The summed E-state index contributed by atoms with van der Waals surface area (Å²) >= 11 is 0. The van der Waals surface area contributed by atoms with Crippen LogP contribution >= 0.6 is 0 Å². The lowest BCUT2D eigenvalue weighted by Gasteiger charge is -1.97. The Kier molecular flexibility index (Phi) is 2.22. The smallest absolute Gasteiger partial charge is 0.0864 e.